The first-order valence-corrected chi connectivity index (χ1v) is 9.38. The van der Waals surface area contributed by atoms with E-state index in [1.807, 2.05) is 39.8 Å². The average molecular weight is 346 g/mol. The maximum Gasteiger partial charge on any atom is 0.350 e. The fraction of sp³-hybridized carbons (Fsp3) is 0.619. The lowest BCUT2D eigenvalue weighted by Crippen LogP contribution is -2.46. The van der Waals surface area contributed by atoms with Crippen LogP contribution in [0.4, 0.5) is 0 Å². The SMILES string of the molecule is CCCCOC(=O)C1(OC(=O)c2c(C)cc(C)cc2C)CCCCC1. The molecule has 0 saturated heterocycles. The van der Waals surface area contributed by atoms with E-state index in [1.54, 1.807) is 0 Å². The van der Waals surface area contributed by atoms with E-state index in [4.69, 9.17) is 9.47 Å². The second-order valence-corrected chi connectivity index (χ2v) is 7.21. The molecule has 1 aromatic carbocycles. The van der Waals surface area contributed by atoms with Gasteiger partial charge in [-0.15, -0.1) is 0 Å². The molecule has 1 aliphatic carbocycles. The molecule has 25 heavy (non-hydrogen) atoms. The Morgan fingerprint density at radius 2 is 1.64 bits per heavy atom. The smallest absolute Gasteiger partial charge is 0.350 e. The quantitative estimate of drug-likeness (QED) is 0.547. The van der Waals surface area contributed by atoms with E-state index < -0.39 is 11.6 Å². The van der Waals surface area contributed by atoms with Crippen molar-refractivity contribution in [3.05, 3.63) is 34.4 Å². The normalized spacial score (nSPS) is 16.3. The zero-order valence-electron chi connectivity index (χ0n) is 15.9. The highest BCUT2D eigenvalue weighted by Gasteiger charge is 2.45. The highest BCUT2D eigenvalue weighted by molar-refractivity contribution is 5.95. The minimum Gasteiger partial charge on any atom is -0.463 e. The van der Waals surface area contributed by atoms with Gasteiger partial charge in [0.1, 0.15) is 0 Å². The number of carbonyl (C=O) groups excluding carboxylic acids is 2. The Labute approximate surface area is 150 Å². The summed E-state index contributed by atoms with van der Waals surface area (Å²) in [5, 5.41) is 0. The van der Waals surface area contributed by atoms with Crippen LogP contribution in [0.15, 0.2) is 12.1 Å². The van der Waals surface area contributed by atoms with E-state index in [0.717, 1.165) is 48.8 Å². The number of ether oxygens (including phenoxy) is 2. The first kappa shape index (κ1) is 19.5. The Morgan fingerprint density at radius 1 is 1.04 bits per heavy atom. The molecule has 138 valence electrons. The number of rotatable bonds is 6. The number of hydrogen-bond donors (Lipinski definition) is 0. The number of esters is 2. The number of hydrogen-bond acceptors (Lipinski definition) is 4. The molecule has 0 aliphatic heterocycles. The van der Waals surface area contributed by atoms with E-state index >= 15 is 0 Å². The Morgan fingerprint density at radius 3 is 2.20 bits per heavy atom. The van der Waals surface area contributed by atoms with E-state index in [1.165, 1.54) is 0 Å². The molecule has 0 unspecified atom stereocenters. The predicted molar refractivity (Wildman–Crippen MR) is 97.8 cm³/mol. The lowest BCUT2D eigenvalue weighted by molar-refractivity contribution is -0.169. The van der Waals surface area contributed by atoms with Gasteiger partial charge in [0.2, 0.25) is 5.60 Å². The van der Waals surface area contributed by atoms with Crippen LogP contribution >= 0.6 is 0 Å². The molecule has 0 bridgehead atoms. The van der Waals surface area contributed by atoms with Crippen LogP contribution in [0.5, 0.6) is 0 Å². The highest BCUT2D eigenvalue weighted by Crippen LogP contribution is 2.34. The summed E-state index contributed by atoms with van der Waals surface area (Å²) in [6, 6.07) is 3.94. The van der Waals surface area contributed by atoms with Crippen molar-refractivity contribution >= 4 is 11.9 Å². The van der Waals surface area contributed by atoms with Gasteiger partial charge in [-0.1, -0.05) is 37.5 Å². The van der Waals surface area contributed by atoms with Gasteiger partial charge in [-0.05, 0) is 64.0 Å². The van der Waals surface area contributed by atoms with Crippen molar-refractivity contribution in [3.8, 4) is 0 Å². The largest absolute Gasteiger partial charge is 0.463 e. The average Bonchev–Trinajstić information content (AvgIpc) is 2.54. The van der Waals surface area contributed by atoms with Crippen LogP contribution in [-0.2, 0) is 14.3 Å². The molecule has 1 aliphatic rings. The maximum atomic E-state index is 12.9. The zero-order chi connectivity index (χ0) is 18.4. The summed E-state index contributed by atoms with van der Waals surface area (Å²) in [6.45, 7) is 8.25. The Balaban J connectivity index is 2.22. The Hall–Kier alpha value is -1.84. The predicted octanol–water partition coefficient (Wildman–Crippen LogP) is 4.81. The fourth-order valence-corrected chi connectivity index (χ4v) is 3.64. The maximum absolute atomic E-state index is 12.9. The van der Waals surface area contributed by atoms with Crippen LogP contribution in [0.3, 0.4) is 0 Å². The van der Waals surface area contributed by atoms with Gasteiger partial charge < -0.3 is 9.47 Å². The van der Waals surface area contributed by atoms with Crippen molar-refractivity contribution < 1.29 is 19.1 Å². The van der Waals surface area contributed by atoms with Crippen LogP contribution in [0.2, 0.25) is 0 Å². The Bertz CT molecular complexity index is 604. The summed E-state index contributed by atoms with van der Waals surface area (Å²) in [4.78, 5) is 25.6. The van der Waals surface area contributed by atoms with Gasteiger partial charge in [-0.3, -0.25) is 0 Å². The minimum atomic E-state index is -1.12. The fourth-order valence-electron chi connectivity index (χ4n) is 3.64. The van der Waals surface area contributed by atoms with E-state index in [-0.39, 0.29) is 5.97 Å². The summed E-state index contributed by atoms with van der Waals surface area (Å²) >= 11 is 0. The zero-order valence-corrected chi connectivity index (χ0v) is 15.9. The van der Waals surface area contributed by atoms with Gasteiger partial charge in [0.25, 0.3) is 0 Å². The minimum absolute atomic E-state index is 0.378. The van der Waals surface area contributed by atoms with Crippen molar-refractivity contribution in [2.75, 3.05) is 6.61 Å². The molecule has 1 fully saturated rings. The van der Waals surface area contributed by atoms with Gasteiger partial charge in [0.05, 0.1) is 12.2 Å². The first-order valence-electron chi connectivity index (χ1n) is 9.38. The molecule has 0 atom stereocenters. The third-order valence-electron chi connectivity index (χ3n) is 4.93. The number of aryl methyl sites for hydroxylation is 3. The molecular weight excluding hydrogens is 316 g/mol. The molecule has 1 aromatic rings. The third kappa shape index (κ3) is 4.62. The van der Waals surface area contributed by atoms with Gasteiger partial charge in [-0.2, -0.15) is 0 Å². The standard InChI is InChI=1S/C21H30O4/c1-5-6-12-24-20(23)21(10-8-7-9-11-21)25-19(22)18-16(3)13-15(2)14-17(18)4/h13-14H,5-12H2,1-4H3. The molecule has 0 aromatic heterocycles. The van der Waals surface area contributed by atoms with Crippen molar-refractivity contribution in [1.82, 2.24) is 0 Å². The van der Waals surface area contributed by atoms with Crippen molar-refractivity contribution in [3.63, 3.8) is 0 Å². The number of carbonyl (C=O) groups is 2. The molecule has 4 nitrogen and oxygen atoms in total. The third-order valence-corrected chi connectivity index (χ3v) is 4.93. The lowest BCUT2D eigenvalue weighted by atomic mass is 9.84. The first-order chi connectivity index (χ1) is 11.9. The highest BCUT2D eigenvalue weighted by atomic mass is 16.6. The lowest BCUT2D eigenvalue weighted by Gasteiger charge is -2.34. The molecule has 2 rings (SSSR count). The molecular formula is C21H30O4. The van der Waals surface area contributed by atoms with Gasteiger partial charge in [-0.25, -0.2) is 9.59 Å². The monoisotopic (exact) mass is 346 g/mol. The van der Waals surface area contributed by atoms with Crippen molar-refractivity contribution in [1.29, 1.82) is 0 Å². The second kappa shape index (κ2) is 8.50. The molecule has 0 radical (unpaired) electrons. The van der Waals surface area contributed by atoms with E-state index in [2.05, 4.69) is 0 Å². The number of unbranched alkanes of at least 4 members (excludes halogenated alkanes) is 1. The van der Waals surface area contributed by atoms with Crippen LogP contribution in [0, 0.1) is 20.8 Å². The van der Waals surface area contributed by atoms with Crippen LogP contribution in [0.1, 0.15) is 78.9 Å². The van der Waals surface area contributed by atoms with E-state index in [9.17, 15) is 9.59 Å². The summed E-state index contributed by atoms with van der Waals surface area (Å²) in [5.74, 6) is -0.791. The summed E-state index contributed by atoms with van der Waals surface area (Å²) in [6.07, 6.45) is 5.70. The van der Waals surface area contributed by atoms with Gasteiger partial charge in [0.15, 0.2) is 0 Å². The molecule has 1 saturated carbocycles. The van der Waals surface area contributed by atoms with Crippen LogP contribution < -0.4 is 0 Å². The summed E-state index contributed by atoms with van der Waals surface area (Å²) in [7, 11) is 0. The summed E-state index contributed by atoms with van der Waals surface area (Å²) in [5.41, 5.74) is 2.32. The second-order valence-electron chi connectivity index (χ2n) is 7.21. The molecule has 0 spiro atoms. The molecule has 0 amide bonds. The summed E-state index contributed by atoms with van der Waals surface area (Å²) < 4.78 is 11.3. The van der Waals surface area contributed by atoms with Gasteiger partial charge >= 0.3 is 11.9 Å². The van der Waals surface area contributed by atoms with E-state index in [0.29, 0.717) is 25.0 Å². The van der Waals surface area contributed by atoms with Crippen molar-refractivity contribution in [2.24, 2.45) is 0 Å². The van der Waals surface area contributed by atoms with Crippen molar-refractivity contribution in [2.45, 2.75) is 78.2 Å². The molecule has 0 N–H and O–H groups in total. The Kier molecular flexibility index (Phi) is 6.63. The molecule has 0 heterocycles. The van der Waals surface area contributed by atoms with Crippen LogP contribution in [-0.4, -0.2) is 24.1 Å². The number of benzene rings is 1. The topological polar surface area (TPSA) is 52.6 Å². The van der Waals surface area contributed by atoms with Crippen LogP contribution in [0.25, 0.3) is 0 Å². The molecule has 4 heteroatoms. The van der Waals surface area contributed by atoms with Gasteiger partial charge in [0, 0.05) is 0 Å².